The van der Waals surface area contributed by atoms with Crippen molar-refractivity contribution in [3.63, 3.8) is 0 Å². The van der Waals surface area contributed by atoms with E-state index >= 15 is 0 Å². The molecule has 2 aromatic rings. The van der Waals surface area contributed by atoms with Gasteiger partial charge in [-0.3, -0.25) is 4.79 Å². The lowest BCUT2D eigenvalue weighted by Crippen LogP contribution is -2.46. The average Bonchev–Trinajstić information content (AvgIpc) is 2.67. The molecule has 0 fully saturated rings. The fourth-order valence-electron chi connectivity index (χ4n) is 2.76. The van der Waals surface area contributed by atoms with Crippen LogP contribution in [-0.2, 0) is 21.5 Å². The molecule has 1 N–H and O–H groups in total. The average molecular weight is 419 g/mol. The fourth-order valence-corrected chi connectivity index (χ4v) is 3.82. The number of aryl methyl sites for hydroxylation is 1. The van der Waals surface area contributed by atoms with Gasteiger partial charge in [-0.15, -0.1) is 0 Å². The molecule has 7 nitrogen and oxygen atoms in total. The fraction of sp³-hybridized carbons (Fsp3) is 0.381. The Morgan fingerprint density at radius 2 is 1.59 bits per heavy atom. The van der Waals surface area contributed by atoms with Crippen LogP contribution in [0.5, 0.6) is 0 Å². The van der Waals surface area contributed by atoms with Crippen molar-refractivity contribution in [2.45, 2.75) is 13.5 Å². The minimum atomic E-state index is -3.79. The van der Waals surface area contributed by atoms with E-state index < -0.39 is 10.2 Å². The van der Waals surface area contributed by atoms with Gasteiger partial charge in [0.1, 0.15) is 6.54 Å². The molecule has 2 aromatic carbocycles. The van der Waals surface area contributed by atoms with Gasteiger partial charge in [0, 0.05) is 33.7 Å². The van der Waals surface area contributed by atoms with Gasteiger partial charge in [-0.2, -0.15) is 12.7 Å². The molecule has 0 aliphatic heterocycles. The molecule has 0 aromatic heterocycles. The van der Waals surface area contributed by atoms with Crippen molar-refractivity contribution in [2.75, 3.05) is 45.1 Å². The van der Waals surface area contributed by atoms with Gasteiger partial charge in [-0.05, 0) is 31.7 Å². The SMILES string of the molecule is Cc1ccc(N(CC(=O)NCCN(C)Cc2ccccc2)S(=O)(=O)N(C)C)cc1. The smallest absolute Gasteiger partial charge is 0.304 e. The highest BCUT2D eigenvalue weighted by molar-refractivity contribution is 7.90. The van der Waals surface area contributed by atoms with Gasteiger partial charge in [-0.25, -0.2) is 4.31 Å². The number of hydrogen-bond acceptors (Lipinski definition) is 4. The maximum Gasteiger partial charge on any atom is 0.304 e. The minimum Gasteiger partial charge on any atom is -0.353 e. The van der Waals surface area contributed by atoms with Crippen molar-refractivity contribution in [1.82, 2.24) is 14.5 Å². The van der Waals surface area contributed by atoms with Crippen molar-refractivity contribution in [3.8, 4) is 0 Å². The molecule has 29 heavy (non-hydrogen) atoms. The standard InChI is InChI=1S/C21H30N4O3S/c1-18-10-12-20(13-11-18)25(29(27,28)23(2)3)17-21(26)22-14-15-24(4)16-19-8-6-5-7-9-19/h5-13H,14-17H2,1-4H3,(H,22,26). The zero-order valence-electron chi connectivity index (χ0n) is 17.5. The molecular weight excluding hydrogens is 388 g/mol. The zero-order chi connectivity index (χ0) is 21.4. The largest absolute Gasteiger partial charge is 0.353 e. The van der Waals surface area contributed by atoms with Gasteiger partial charge in [-0.1, -0.05) is 48.0 Å². The van der Waals surface area contributed by atoms with E-state index in [1.807, 2.05) is 44.3 Å². The second-order valence-corrected chi connectivity index (χ2v) is 9.27. The van der Waals surface area contributed by atoms with Gasteiger partial charge < -0.3 is 10.2 Å². The molecule has 1 amide bonds. The first kappa shape index (κ1) is 22.9. The van der Waals surface area contributed by atoms with E-state index in [0.29, 0.717) is 18.8 Å². The molecule has 2 rings (SSSR count). The summed E-state index contributed by atoms with van der Waals surface area (Å²) in [5.41, 5.74) is 2.67. The van der Waals surface area contributed by atoms with Crippen LogP contribution in [0.3, 0.4) is 0 Å². The number of likely N-dealkylation sites (N-methyl/N-ethyl adjacent to an activating group) is 1. The Morgan fingerprint density at radius 3 is 2.17 bits per heavy atom. The lowest BCUT2D eigenvalue weighted by molar-refractivity contribution is -0.119. The van der Waals surface area contributed by atoms with E-state index in [0.717, 1.165) is 20.7 Å². The van der Waals surface area contributed by atoms with Crippen LogP contribution in [-0.4, -0.2) is 64.3 Å². The Morgan fingerprint density at radius 1 is 0.966 bits per heavy atom. The second-order valence-electron chi connectivity index (χ2n) is 7.21. The Bertz CT molecular complexity index is 884. The number of rotatable bonds is 10. The number of nitrogens with zero attached hydrogens (tertiary/aromatic N) is 3. The molecule has 0 aliphatic carbocycles. The summed E-state index contributed by atoms with van der Waals surface area (Å²) in [6.45, 7) is 3.53. The molecule has 0 saturated heterocycles. The first-order chi connectivity index (χ1) is 13.7. The molecule has 0 heterocycles. The summed E-state index contributed by atoms with van der Waals surface area (Å²) in [6, 6.07) is 17.1. The van der Waals surface area contributed by atoms with Crippen LogP contribution in [0, 0.1) is 6.92 Å². The third-order valence-corrected chi connectivity index (χ3v) is 6.28. The summed E-state index contributed by atoms with van der Waals surface area (Å²) in [4.78, 5) is 14.5. The molecule has 8 heteroatoms. The predicted octanol–water partition coefficient (Wildman–Crippen LogP) is 1.86. The van der Waals surface area contributed by atoms with Crippen LogP contribution in [0.15, 0.2) is 54.6 Å². The monoisotopic (exact) mass is 418 g/mol. The molecule has 0 bridgehead atoms. The number of nitrogens with one attached hydrogen (secondary N) is 1. The van der Waals surface area contributed by atoms with Crippen molar-refractivity contribution < 1.29 is 13.2 Å². The van der Waals surface area contributed by atoms with Gasteiger partial charge >= 0.3 is 10.2 Å². The Balaban J connectivity index is 1.94. The number of anilines is 1. The summed E-state index contributed by atoms with van der Waals surface area (Å²) in [5.74, 6) is -0.343. The summed E-state index contributed by atoms with van der Waals surface area (Å²) in [5, 5.41) is 2.82. The van der Waals surface area contributed by atoms with Crippen molar-refractivity contribution in [3.05, 3.63) is 65.7 Å². The van der Waals surface area contributed by atoms with Crippen LogP contribution in [0.4, 0.5) is 5.69 Å². The number of hydrogen-bond donors (Lipinski definition) is 1. The normalized spacial score (nSPS) is 11.7. The van der Waals surface area contributed by atoms with E-state index in [1.54, 1.807) is 12.1 Å². The van der Waals surface area contributed by atoms with Crippen LogP contribution in [0.25, 0.3) is 0 Å². The van der Waals surface area contributed by atoms with E-state index in [-0.39, 0.29) is 12.5 Å². The highest BCUT2D eigenvalue weighted by Crippen LogP contribution is 2.19. The maximum atomic E-state index is 12.7. The summed E-state index contributed by atoms with van der Waals surface area (Å²) in [6.07, 6.45) is 0. The topological polar surface area (TPSA) is 73.0 Å². The van der Waals surface area contributed by atoms with Crippen LogP contribution in [0.1, 0.15) is 11.1 Å². The number of carbonyl (C=O) groups excluding carboxylic acids is 1. The van der Waals surface area contributed by atoms with Crippen molar-refractivity contribution in [2.24, 2.45) is 0 Å². The molecule has 0 saturated carbocycles. The summed E-state index contributed by atoms with van der Waals surface area (Å²) >= 11 is 0. The quantitative estimate of drug-likeness (QED) is 0.639. The molecule has 0 atom stereocenters. The Hall–Kier alpha value is -2.42. The van der Waals surface area contributed by atoms with E-state index in [4.69, 9.17) is 0 Å². The third-order valence-electron chi connectivity index (χ3n) is 4.46. The van der Waals surface area contributed by atoms with Crippen LogP contribution in [0.2, 0.25) is 0 Å². The lowest BCUT2D eigenvalue weighted by Gasteiger charge is -2.27. The van der Waals surface area contributed by atoms with Crippen molar-refractivity contribution in [1.29, 1.82) is 0 Å². The Labute approximate surface area is 174 Å². The van der Waals surface area contributed by atoms with Crippen LogP contribution < -0.4 is 9.62 Å². The molecule has 0 spiro atoms. The number of benzene rings is 2. The van der Waals surface area contributed by atoms with E-state index in [9.17, 15) is 13.2 Å². The number of carbonyl (C=O) groups is 1. The number of amides is 1. The maximum absolute atomic E-state index is 12.7. The van der Waals surface area contributed by atoms with Crippen molar-refractivity contribution >= 4 is 21.8 Å². The van der Waals surface area contributed by atoms with Crippen LogP contribution >= 0.6 is 0 Å². The second kappa shape index (κ2) is 10.4. The van der Waals surface area contributed by atoms with Gasteiger partial charge in [0.25, 0.3) is 0 Å². The molecule has 0 radical (unpaired) electrons. The third kappa shape index (κ3) is 6.85. The van der Waals surface area contributed by atoms with E-state index in [1.165, 1.54) is 19.7 Å². The molecule has 0 aliphatic rings. The van der Waals surface area contributed by atoms with Gasteiger partial charge in [0.05, 0.1) is 5.69 Å². The van der Waals surface area contributed by atoms with Gasteiger partial charge in [0.2, 0.25) is 5.91 Å². The first-order valence-corrected chi connectivity index (χ1v) is 10.9. The summed E-state index contributed by atoms with van der Waals surface area (Å²) in [7, 11) is 1.10. The minimum absolute atomic E-state index is 0.272. The zero-order valence-corrected chi connectivity index (χ0v) is 18.3. The predicted molar refractivity (Wildman–Crippen MR) is 117 cm³/mol. The first-order valence-electron chi connectivity index (χ1n) is 9.46. The summed E-state index contributed by atoms with van der Waals surface area (Å²) < 4.78 is 27.6. The lowest BCUT2D eigenvalue weighted by atomic mass is 10.2. The molecular formula is C21H30N4O3S. The Kier molecular flexibility index (Phi) is 8.19. The highest BCUT2D eigenvalue weighted by atomic mass is 32.2. The van der Waals surface area contributed by atoms with Gasteiger partial charge in [0.15, 0.2) is 0 Å². The molecule has 0 unspecified atom stereocenters. The molecule has 158 valence electrons. The highest BCUT2D eigenvalue weighted by Gasteiger charge is 2.27. The van der Waals surface area contributed by atoms with E-state index in [2.05, 4.69) is 22.3 Å².